The van der Waals surface area contributed by atoms with Gasteiger partial charge in [0.05, 0.1) is 0 Å². The summed E-state index contributed by atoms with van der Waals surface area (Å²) in [4.78, 5) is 0. The van der Waals surface area contributed by atoms with Crippen molar-refractivity contribution in [3.05, 3.63) is 0 Å². The molecule has 2 aliphatic carbocycles. The van der Waals surface area contributed by atoms with Gasteiger partial charge in [-0.15, -0.1) is 23.2 Å². The van der Waals surface area contributed by atoms with Crippen LogP contribution in [0.4, 0.5) is 0 Å². The summed E-state index contributed by atoms with van der Waals surface area (Å²) in [6.07, 6.45) is 2.32. The average molecular weight is 207 g/mol. The van der Waals surface area contributed by atoms with E-state index in [-0.39, 0.29) is 16.2 Å². The number of hydrogen-bond acceptors (Lipinski definition) is 0. The van der Waals surface area contributed by atoms with Crippen molar-refractivity contribution in [1.29, 1.82) is 0 Å². The molecule has 0 radical (unpaired) electrons. The Bertz CT molecular complexity index is 198. The molecule has 0 spiro atoms. The molecule has 2 unspecified atom stereocenters. The maximum Gasteiger partial charge on any atom is 0.0411 e. The van der Waals surface area contributed by atoms with Gasteiger partial charge in [-0.3, -0.25) is 0 Å². The molecule has 12 heavy (non-hydrogen) atoms. The van der Waals surface area contributed by atoms with Gasteiger partial charge in [-0.25, -0.2) is 0 Å². The second-order valence-electron chi connectivity index (χ2n) is 5.11. The van der Waals surface area contributed by atoms with Gasteiger partial charge in [-0.1, -0.05) is 20.8 Å². The van der Waals surface area contributed by atoms with Gasteiger partial charge in [-0.2, -0.15) is 0 Å². The van der Waals surface area contributed by atoms with Crippen LogP contribution in [0.25, 0.3) is 0 Å². The molecular weight excluding hydrogens is 191 g/mol. The van der Waals surface area contributed by atoms with Crippen LogP contribution in [0.5, 0.6) is 0 Å². The monoisotopic (exact) mass is 206 g/mol. The molecule has 0 aromatic carbocycles. The molecule has 0 aliphatic heterocycles. The van der Waals surface area contributed by atoms with Crippen LogP contribution in [-0.2, 0) is 0 Å². The lowest BCUT2D eigenvalue weighted by Crippen LogP contribution is -2.39. The third-order valence-electron chi connectivity index (χ3n) is 4.69. The number of fused-ring (bicyclic) bond motifs is 2. The summed E-state index contributed by atoms with van der Waals surface area (Å²) >= 11 is 12.7. The van der Waals surface area contributed by atoms with Crippen molar-refractivity contribution < 1.29 is 0 Å². The zero-order valence-electron chi connectivity index (χ0n) is 7.90. The Balaban J connectivity index is 2.44. The van der Waals surface area contributed by atoms with Crippen molar-refractivity contribution in [2.24, 2.45) is 16.7 Å². The van der Waals surface area contributed by atoms with E-state index in [9.17, 15) is 0 Å². The highest BCUT2D eigenvalue weighted by molar-refractivity contribution is 6.25. The maximum absolute atomic E-state index is 6.34. The molecule has 0 nitrogen and oxygen atoms in total. The fourth-order valence-corrected chi connectivity index (χ4v) is 4.48. The van der Waals surface area contributed by atoms with Gasteiger partial charge < -0.3 is 0 Å². The second kappa shape index (κ2) is 2.33. The van der Waals surface area contributed by atoms with Crippen LogP contribution >= 0.6 is 23.2 Å². The minimum Gasteiger partial charge on any atom is -0.122 e. The molecular formula is C10H16Cl2. The molecule has 70 valence electrons. The highest BCUT2D eigenvalue weighted by atomic mass is 35.5. The SMILES string of the molecule is CC1(C)C2CC(Cl)C1(C)C(Cl)C2. The largest absolute Gasteiger partial charge is 0.122 e. The Kier molecular flexibility index (Phi) is 1.78. The molecule has 2 rings (SSSR count). The highest BCUT2D eigenvalue weighted by Gasteiger charge is 2.65. The van der Waals surface area contributed by atoms with E-state index in [0.29, 0.717) is 5.41 Å². The van der Waals surface area contributed by atoms with Gasteiger partial charge in [0.1, 0.15) is 0 Å². The molecule has 0 amide bonds. The molecule has 2 fully saturated rings. The third-order valence-corrected chi connectivity index (χ3v) is 5.96. The zero-order valence-corrected chi connectivity index (χ0v) is 9.41. The van der Waals surface area contributed by atoms with Crippen molar-refractivity contribution in [1.82, 2.24) is 0 Å². The van der Waals surface area contributed by atoms with Crippen LogP contribution in [0.3, 0.4) is 0 Å². The smallest absolute Gasteiger partial charge is 0.0411 e. The van der Waals surface area contributed by atoms with Crippen LogP contribution in [0, 0.1) is 16.7 Å². The van der Waals surface area contributed by atoms with E-state index in [0.717, 1.165) is 18.8 Å². The third kappa shape index (κ3) is 0.767. The fraction of sp³-hybridized carbons (Fsp3) is 1.00. The first-order chi connectivity index (χ1) is 5.40. The summed E-state index contributed by atoms with van der Waals surface area (Å²) in [7, 11) is 0. The molecule has 2 bridgehead atoms. The predicted octanol–water partition coefficient (Wildman–Crippen LogP) is 3.66. The molecule has 0 aromatic heterocycles. The Morgan fingerprint density at radius 1 is 1.00 bits per heavy atom. The van der Waals surface area contributed by atoms with E-state index >= 15 is 0 Å². The molecule has 0 saturated heterocycles. The van der Waals surface area contributed by atoms with Crippen LogP contribution in [0.15, 0.2) is 0 Å². The van der Waals surface area contributed by atoms with Crippen molar-refractivity contribution >= 4 is 23.2 Å². The highest BCUT2D eigenvalue weighted by Crippen LogP contribution is 2.68. The summed E-state index contributed by atoms with van der Waals surface area (Å²) in [6.45, 7) is 6.90. The lowest BCUT2D eigenvalue weighted by Gasteiger charge is -2.39. The quantitative estimate of drug-likeness (QED) is 0.532. The Morgan fingerprint density at radius 3 is 1.58 bits per heavy atom. The van der Waals surface area contributed by atoms with Gasteiger partial charge in [-0.05, 0) is 24.2 Å². The lowest BCUT2D eigenvalue weighted by molar-refractivity contribution is 0.157. The second-order valence-corrected chi connectivity index (χ2v) is 6.16. The van der Waals surface area contributed by atoms with Crippen LogP contribution < -0.4 is 0 Å². The van der Waals surface area contributed by atoms with Crippen molar-refractivity contribution in [3.8, 4) is 0 Å². The van der Waals surface area contributed by atoms with E-state index < -0.39 is 0 Å². The summed E-state index contributed by atoms with van der Waals surface area (Å²) < 4.78 is 0. The number of rotatable bonds is 0. The first-order valence-electron chi connectivity index (χ1n) is 4.69. The summed E-state index contributed by atoms with van der Waals surface area (Å²) in [5.41, 5.74) is 0.493. The van der Waals surface area contributed by atoms with Crippen LogP contribution in [-0.4, -0.2) is 10.8 Å². The van der Waals surface area contributed by atoms with Crippen LogP contribution in [0.2, 0.25) is 0 Å². The van der Waals surface area contributed by atoms with E-state index in [2.05, 4.69) is 20.8 Å². The molecule has 2 heteroatoms. The predicted molar refractivity (Wildman–Crippen MR) is 53.9 cm³/mol. The fourth-order valence-electron chi connectivity index (χ4n) is 3.12. The van der Waals surface area contributed by atoms with Gasteiger partial charge in [0.2, 0.25) is 0 Å². The average Bonchev–Trinajstić information content (AvgIpc) is 2.20. The lowest BCUT2D eigenvalue weighted by atomic mass is 9.70. The maximum atomic E-state index is 6.34. The summed E-state index contributed by atoms with van der Waals surface area (Å²) in [5, 5.41) is 0.572. The van der Waals surface area contributed by atoms with Crippen LogP contribution in [0.1, 0.15) is 33.6 Å². The van der Waals surface area contributed by atoms with E-state index in [4.69, 9.17) is 23.2 Å². The number of halogens is 2. The minimum atomic E-state index is 0.154. The molecule has 2 aliphatic rings. The zero-order chi connectivity index (χ0) is 9.15. The number of alkyl halides is 2. The van der Waals surface area contributed by atoms with E-state index in [1.807, 2.05) is 0 Å². The Morgan fingerprint density at radius 2 is 1.42 bits per heavy atom. The normalized spacial score (nSPS) is 56.2. The van der Waals surface area contributed by atoms with Crippen molar-refractivity contribution in [2.45, 2.75) is 44.4 Å². The van der Waals surface area contributed by atoms with E-state index in [1.54, 1.807) is 0 Å². The van der Waals surface area contributed by atoms with Crippen molar-refractivity contribution in [2.75, 3.05) is 0 Å². The molecule has 0 aromatic rings. The summed E-state index contributed by atoms with van der Waals surface area (Å²) in [6, 6.07) is 0. The Hall–Kier alpha value is 0.580. The standard InChI is InChI=1S/C10H16Cl2/c1-9(2)6-4-7(11)10(9,3)8(12)5-6/h6-8H,4-5H2,1-3H3. The minimum absolute atomic E-state index is 0.154. The first-order valence-corrected chi connectivity index (χ1v) is 5.56. The first kappa shape index (κ1) is 9.15. The number of hydrogen-bond donors (Lipinski definition) is 0. The molecule has 0 heterocycles. The Labute approximate surface area is 84.6 Å². The topological polar surface area (TPSA) is 0 Å². The molecule has 2 saturated carbocycles. The van der Waals surface area contributed by atoms with Gasteiger partial charge in [0.15, 0.2) is 0 Å². The van der Waals surface area contributed by atoms with Gasteiger partial charge in [0, 0.05) is 16.2 Å². The van der Waals surface area contributed by atoms with Crippen molar-refractivity contribution in [3.63, 3.8) is 0 Å². The van der Waals surface area contributed by atoms with E-state index in [1.165, 1.54) is 0 Å². The molecule has 0 N–H and O–H groups in total. The molecule has 2 atom stereocenters. The summed E-state index contributed by atoms with van der Waals surface area (Å²) in [5.74, 6) is 0.743. The van der Waals surface area contributed by atoms with Gasteiger partial charge in [0.25, 0.3) is 0 Å². The van der Waals surface area contributed by atoms with Gasteiger partial charge >= 0.3 is 0 Å².